The fraction of sp³-hybridized carbons (Fsp3) is 0.412. The van der Waals surface area contributed by atoms with Crippen molar-refractivity contribution in [2.45, 2.75) is 25.3 Å². The summed E-state index contributed by atoms with van der Waals surface area (Å²) in [5, 5.41) is 1.73. The number of hydrogen-bond acceptors (Lipinski definition) is 2. The van der Waals surface area contributed by atoms with Crippen molar-refractivity contribution in [1.29, 1.82) is 0 Å². The molecule has 0 bridgehead atoms. The van der Waals surface area contributed by atoms with Crippen LogP contribution in [-0.4, -0.2) is 52.3 Å². The van der Waals surface area contributed by atoms with Gasteiger partial charge in [0.2, 0.25) is 5.91 Å². The van der Waals surface area contributed by atoms with Crippen LogP contribution in [0.5, 0.6) is 0 Å². The fourth-order valence-electron chi connectivity index (χ4n) is 3.67. The number of benzene rings is 1. The third kappa shape index (κ3) is 2.56. The molecule has 0 saturated carbocycles. The maximum absolute atomic E-state index is 12.8. The lowest BCUT2D eigenvalue weighted by atomic mass is 10.2. The molecule has 0 aliphatic carbocycles. The van der Waals surface area contributed by atoms with Crippen molar-refractivity contribution >= 4 is 45.9 Å². The van der Waals surface area contributed by atoms with Crippen molar-refractivity contribution < 1.29 is 9.59 Å². The van der Waals surface area contributed by atoms with Crippen molar-refractivity contribution in [2.75, 3.05) is 19.6 Å². The summed E-state index contributed by atoms with van der Waals surface area (Å²) in [5.74, 6) is 0.0778. The van der Waals surface area contributed by atoms with Crippen LogP contribution in [0.3, 0.4) is 0 Å². The molecule has 4 rings (SSSR count). The monoisotopic (exact) mass is 365 g/mol. The number of hydrogen-bond donors (Lipinski definition) is 1. The summed E-state index contributed by atoms with van der Waals surface area (Å²) < 4.78 is 0. The first kappa shape index (κ1) is 15.8. The second kappa shape index (κ2) is 5.97. The number of nitrogens with zero attached hydrogens (tertiary/aromatic N) is 2. The molecular formula is C17H17Cl2N3O2. The summed E-state index contributed by atoms with van der Waals surface area (Å²) in [4.78, 5) is 31.5. The Balaban J connectivity index is 1.56. The number of nitrogens with one attached hydrogen (secondary N) is 1. The number of fused-ring (bicyclic) bond motifs is 1. The van der Waals surface area contributed by atoms with Crippen LogP contribution in [0.2, 0.25) is 10.0 Å². The van der Waals surface area contributed by atoms with Gasteiger partial charge in [-0.25, -0.2) is 0 Å². The van der Waals surface area contributed by atoms with Crippen LogP contribution in [-0.2, 0) is 4.79 Å². The predicted octanol–water partition coefficient (Wildman–Crippen LogP) is 3.31. The zero-order valence-electron chi connectivity index (χ0n) is 13.0. The van der Waals surface area contributed by atoms with Crippen LogP contribution in [0, 0.1) is 0 Å². The van der Waals surface area contributed by atoms with Gasteiger partial charge in [0.25, 0.3) is 5.91 Å². The largest absolute Gasteiger partial charge is 0.349 e. The van der Waals surface area contributed by atoms with Crippen molar-refractivity contribution in [3.05, 3.63) is 33.9 Å². The van der Waals surface area contributed by atoms with Gasteiger partial charge in [-0.05, 0) is 31.0 Å². The van der Waals surface area contributed by atoms with Crippen LogP contribution < -0.4 is 0 Å². The minimum absolute atomic E-state index is 0.124. The second-order valence-corrected chi connectivity index (χ2v) is 7.20. The lowest BCUT2D eigenvalue weighted by Crippen LogP contribution is -2.39. The molecule has 1 unspecified atom stereocenters. The Morgan fingerprint density at radius 1 is 1.25 bits per heavy atom. The summed E-state index contributed by atoms with van der Waals surface area (Å²) in [6.07, 6.45) is 2.36. The van der Waals surface area contributed by atoms with Crippen LogP contribution in [0.15, 0.2) is 18.2 Å². The Bertz CT molecular complexity index is 833. The van der Waals surface area contributed by atoms with Crippen LogP contribution in [0.4, 0.5) is 0 Å². The van der Waals surface area contributed by atoms with E-state index in [1.165, 1.54) is 0 Å². The molecule has 2 aliphatic heterocycles. The first-order chi connectivity index (χ1) is 11.5. The van der Waals surface area contributed by atoms with E-state index in [1.54, 1.807) is 17.0 Å². The molecule has 5 nitrogen and oxygen atoms in total. The Morgan fingerprint density at radius 3 is 2.83 bits per heavy atom. The molecular weight excluding hydrogens is 349 g/mol. The molecule has 24 heavy (non-hydrogen) atoms. The highest BCUT2D eigenvalue weighted by molar-refractivity contribution is 6.39. The molecule has 2 saturated heterocycles. The average molecular weight is 366 g/mol. The Morgan fingerprint density at radius 2 is 2.08 bits per heavy atom. The van der Waals surface area contributed by atoms with E-state index in [0.717, 1.165) is 30.3 Å². The molecule has 2 aromatic rings. The molecule has 7 heteroatoms. The molecule has 1 N–H and O–H groups in total. The minimum Gasteiger partial charge on any atom is -0.349 e. The van der Waals surface area contributed by atoms with E-state index < -0.39 is 0 Å². The molecule has 0 radical (unpaired) electrons. The van der Waals surface area contributed by atoms with Gasteiger partial charge < -0.3 is 14.8 Å². The van der Waals surface area contributed by atoms with Crippen molar-refractivity contribution in [3.8, 4) is 0 Å². The first-order valence-corrected chi connectivity index (χ1v) is 8.85. The van der Waals surface area contributed by atoms with Gasteiger partial charge in [-0.3, -0.25) is 9.59 Å². The Hall–Kier alpha value is -1.72. The third-order valence-electron chi connectivity index (χ3n) is 4.91. The minimum atomic E-state index is -0.124. The van der Waals surface area contributed by atoms with Crippen molar-refractivity contribution in [1.82, 2.24) is 14.8 Å². The predicted molar refractivity (Wildman–Crippen MR) is 93.6 cm³/mol. The van der Waals surface area contributed by atoms with Crippen LogP contribution in [0.25, 0.3) is 10.9 Å². The second-order valence-electron chi connectivity index (χ2n) is 6.39. The van der Waals surface area contributed by atoms with Gasteiger partial charge in [-0.2, -0.15) is 0 Å². The van der Waals surface area contributed by atoms with Gasteiger partial charge in [-0.15, -0.1) is 0 Å². The highest BCUT2D eigenvalue weighted by atomic mass is 35.5. The molecule has 2 amide bonds. The highest BCUT2D eigenvalue weighted by Gasteiger charge is 2.36. The Kier molecular flexibility index (Phi) is 3.93. The molecule has 126 valence electrons. The van der Waals surface area contributed by atoms with Gasteiger partial charge in [0.1, 0.15) is 5.69 Å². The van der Waals surface area contributed by atoms with E-state index in [2.05, 4.69) is 4.98 Å². The smallest absolute Gasteiger partial charge is 0.271 e. The topological polar surface area (TPSA) is 56.4 Å². The van der Waals surface area contributed by atoms with Gasteiger partial charge >= 0.3 is 0 Å². The maximum Gasteiger partial charge on any atom is 0.271 e. The highest BCUT2D eigenvalue weighted by Crippen LogP contribution is 2.31. The van der Waals surface area contributed by atoms with E-state index in [4.69, 9.17) is 23.2 Å². The number of likely N-dealkylation sites (tertiary alicyclic amines) is 2. The first-order valence-electron chi connectivity index (χ1n) is 8.10. The fourth-order valence-corrected chi connectivity index (χ4v) is 4.13. The summed E-state index contributed by atoms with van der Waals surface area (Å²) >= 11 is 12.4. The number of H-pyrrole nitrogens is 1. The van der Waals surface area contributed by atoms with Gasteiger partial charge in [0.15, 0.2) is 0 Å². The van der Waals surface area contributed by atoms with Crippen molar-refractivity contribution in [3.63, 3.8) is 0 Å². The molecule has 3 heterocycles. The number of rotatable bonds is 2. The number of amides is 2. The molecule has 2 fully saturated rings. The number of carbonyl (C=O) groups excluding carboxylic acids is 2. The summed E-state index contributed by atoms with van der Waals surface area (Å²) in [6.45, 7) is 2.01. The zero-order valence-corrected chi connectivity index (χ0v) is 14.5. The van der Waals surface area contributed by atoms with E-state index in [1.807, 2.05) is 11.0 Å². The van der Waals surface area contributed by atoms with E-state index in [0.29, 0.717) is 35.2 Å². The molecule has 0 spiro atoms. The molecule has 1 atom stereocenters. The van der Waals surface area contributed by atoms with E-state index >= 15 is 0 Å². The Labute approximate surface area is 149 Å². The summed E-state index contributed by atoms with van der Waals surface area (Å²) in [6, 6.07) is 5.45. The third-order valence-corrected chi connectivity index (χ3v) is 5.54. The van der Waals surface area contributed by atoms with E-state index in [9.17, 15) is 9.59 Å². The van der Waals surface area contributed by atoms with Gasteiger partial charge in [-0.1, -0.05) is 23.2 Å². The lowest BCUT2D eigenvalue weighted by molar-refractivity contribution is -0.129. The van der Waals surface area contributed by atoms with Gasteiger partial charge in [0, 0.05) is 42.0 Å². The number of halogens is 2. The van der Waals surface area contributed by atoms with E-state index in [-0.39, 0.29) is 17.9 Å². The summed E-state index contributed by atoms with van der Waals surface area (Å²) in [5.41, 5.74) is 1.18. The quantitative estimate of drug-likeness (QED) is 0.887. The molecule has 1 aromatic carbocycles. The lowest BCUT2D eigenvalue weighted by Gasteiger charge is -2.24. The van der Waals surface area contributed by atoms with Crippen LogP contribution in [0.1, 0.15) is 29.8 Å². The van der Waals surface area contributed by atoms with Gasteiger partial charge in [0.05, 0.1) is 11.1 Å². The SMILES string of the molecule is O=C(c1[nH]c2ccc(Cl)cc2c1Cl)N1CCC(N2CCCC2=O)C1. The molecule has 1 aromatic heterocycles. The van der Waals surface area contributed by atoms with Crippen molar-refractivity contribution in [2.24, 2.45) is 0 Å². The summed E-state index contributed by atoms with van der Waals surface area (Å²) in [7, 11) is 0. The normalized spacial score (nSPS) is 21.2. The molecule has 2 aliphatic rings. The number of carbonyl (C=O) groups is 2. The van der Waals surface area contributed by atoms with Crippen LogP contribution >= 0.6 is 23.2 Å². The maximum atomic E-state index is 12.8. The number of aromatic nitrogens is 1. The zero-order chi connectivity index (χ0) is 16.8. The standard InChI is InChI=1S/C17H17Cl2N3O2/c18-10-3-4-13-12(8-10)15(19)16(20-13)17(24)21-7-5-11(9-21)22-6-1-2-14(22)23/h3-4,8,11,20H,1-2,5-7,9H2. The average Bonchev–Trinajstić information content (AvgIpc) is 3.26. The number of aromatic amines is 1.